The summed E-state index contributed by atoms with van der Waals surface area (Å²) in [5.41, 5.74) is 4.92. The van der Waals surface area contributed by atoms with E-state index < -0.39 is 5.97 Å². The molecule has 0 amide bonds. The van der Waals surface area contributed by atoms with Gasteiger partial charge in [0.2, 0.25) is 0 Å². The molecule has 0 unspecified atom stereocenters. The molecule has 0 aliphatic rings. The maximum absolute atomic E-state index is 12.3. The van der Waals surface area contributed by atoms with Crippen molar-refractivity contribution in [1.82, 2.24) is 14.5 Å². The van der Waals surface area contributed by atoms with Gasteiger partial charge in [0.25, 0.3) is 5.56 Å². The third-order valence-electron chi connectivity index (χ3n) is 4.74. The van der Waals surface area contributed by atoms with Gasteiger partial charge in [0.05, 0.1) is 11.1 Å². The topological polar surface area (TPSA) is 88.0 Å². The molecule has 0 saturated heterocycles. The average Bonchev–Trinajstić information content (AvgIpc) is 3.10. The third-order valence-corrected chi connectivity index (χ3v) is 4.74. The van der Waals surface area contributed by atoms with Crippen molar-refractivity contribution in [2.45, 2.75) is 6.92 Å². The molecule has 0 aliphatic heterocycles. The van der Waals surface area contributed by atoms with Crippen molar-refractivity contribution in [2.24, 2.45) is 7.05 Å². The van der Waals surface area contributed by atoms with E-state index in [1.54, 1.807) is 35.9 Å². The molecule has 4 aromatic rings. The van der Waals surface area contributed by atoms with Crippen LogP contribution in [0.25, 0.3) is 33.5 Å². The van der Waals surface area contributed by atoms with Crippen LogP contribution in [0.3, 0.4) is 0 Å². The number of hydrogen-bond donors (Lipinski definition) is 2. The van der Waals surface area contributed by atoms with E-state index in [-0.39, 0.29) is 11.1 Å². The summed E-state index contributed by atoms with van der Waals surface area (Å²) in [5.74, 6) is -0.302. The quantitative estimate of drug-likeness (QED) is 0.585. The van der Waals surface area contributed by atoms with Gasteiger partial charge in [-0.1, -0.05) is 36.4 Å². The second-order valence-electron chi connectivity index (χ2n) is 6.46. The highest BCUT2D eigenvalue weighted by Crippen LogP contribution is 2.25. The van der Waals surface area contributed by atoms with E-state index >= 15 is 0 Å². The van der Waals surface area contributed by atoms with Crippen molar-refractivity contribution in [3.8, 4) is 22.5 Å². The first-order chi connectivity index (χ1) is 12.9. The molecule has 2 aromatic heterocycles. The van der Waals surface area contributed by atoms with Crippen molar-refractivity contribution >= 4 is 17.0 Å². The summed E-state index contributed by atoms with van der Waals surface area (Å²) >= 11 is 0. The molecule has 6 nitrogen and oxygen atoms in total. The van der Waals surface area contributed by atoms with Crippen LogP contribution in [-0.2, 0) is 7.05 Å². The number of benzene rings is 2. The minimum Gasteiger partial charge on any atom is -0.478 e. The van der Waals surface area contributed by atoms with Gasteiger partial charge in [-0.15, -0.1) is 0 Å². The Labute approximate surface area is 154 Å². The monoisotopic (exact) mass is 359 g/mol. The van der Waals surface area contributed by atoms with Crippen molar-refractivity contribution < 1.29 is 9.90 Å². The summed E-state index contributed by atoms with van der Waals surface area (Å²) in [7, 11) is 1.73. The fraction of sp³-hybridized carbons (Fsp3) is 0.0952. The second kappa shape index (κ2) is 6.25. The van der Waals surface area contributed by atoms with E-state index in [1.165, 1.54) is 0 Å². The van der Waals surface area contributed by atoms with E-state index in [2.05, 4.69) is 9.97 Å². The molecule has 4 rings (SSSR count). The van der Waals surface area contributed by atoms with E-state index in [4.69, 9.17) is 5.11 Å². The van der Waals surface area contributed by atoms with Gasteiger partial charge in [-0.25, -0.2) is 9.78 Å². The van der Waals surface area contributed by atoms with E-state index in [1.807, 2.05) is 37.3 Å². The molecule has 27 heavy (non-hydrogen) atoms. The number of imidazole rings is 1. The lowest BCUT2D eigenvalue weighted by molar-refractivity contribution is 0.0697. The Morgan fingerprint density at radius 1 is 1.00 bits per heavy atom. The molecule has 0 bridgehead atoms. The maximum Gasteiger partial charge on any atom is 0.335 e. The minimum absolute atomic E-state index is 0.123. The van der Waals surface area contributed by atoms with Crippen LogP contribution >= 0.6 is 0 Å². The SMILES string of the molecule is Cc1cc2[nH]c(-c3ccc(-c4ccc(C(=O)O)cc4)cc3)nc2c(=O)n1C. The Hall–Kier alpha value is -3.67. The number of fused-ring (bicyclic) bond motifs is 1. The van der Waals surface area contributed by atoms with Gasteiger partial charge in [0.15, 0.2) is 5.52 Å². The van der Waals surface area contributed by atoms with Gasteiger partial charge >= 0.3 is 5.97 Å². The molecular weight excluding hydrogens is 342 g/mol. The van der Waals surface area contributed by atoms with Gasteiger partial charge in [0, 0.05) is 18.3 Å². The maximum atomic E-state index is 12.3. The molecule has 2 aromatic carbocycles. The molecule has 6 heteroatoms. The summed E-state index contributed by atoms with van der Waals surface area (Å²) in [5, 5.41) is 8.99. The zero-order valence-corrected chi connectivity index (χ0v) is 14.9. The number of carboxylic acid groups (broad SMARTS) is 1. The summed E-state index contributed by atoms with van der Waals surface area (Å²) in [6.45, 7) is 1.88. The van der Waals surface area contributed by atoms with E-state index in [0.29, 0.717) is 11.3 Å². The number of pyridine rings is 1. The van der Waals surface area contributed by atoms with Crippen molar-refractivity contribution in [3.63, 3.8) is 0 Å². The smallest absolute Gasteiger partial charge is 0.335 e. The van der Waals surface area contributed by atoms with Crippen molar-refractivity contribution in [3.05, 3.63) is 76.2 Å². The zero-order chi connectivity index (χ0) is 19.1. The normalized spacial score (nSPS) is 11.0. The standard InChI is InChI=1S/C21H17N3O3/c1-12-11-17-18(20(25)24(12)2)23-19(22-17)15-7-3-13(4-8-15)14-5-9-16(10-6-14)21(26)27/h3-11H,1-2H3,(H,22,23)(H,26,27). The van der Waals surface area contributed by atoms with Crippen LogP contribution in [-0.4, -0.2) is 25.6 Å². The summed E-state index contributed by atoms with van der Waals surface area (Å²) in [6, 6.07) is 16.4. The third kappa shape index (κ3) is 2.91. The first kappa shape index (κ1) is 16.8. The Kier molecular flexibility index (Phi) is 3.88. The van der Waals surface area contributed by atoms with Crippen LogP contribution in [0.1, 0.15) is 16.1 Å². The number of carboxylic acids is 1. The predicted molar refractivity (Wildman–Crippen MR) is 104 cm³/mol. The highest BCUT2D eigenvalue weighted by molar-refractivity contribution is 5.88. The molecule has 2 heterocycles. The number of hydrogen-bond acceptors (Lipinski definition) is 3. The van der Waals surface area contributed by atoms with Gasteiger partial charge in [-0.2, -0.15) is 0 Å². The molecule has 0 aliphatic carbocycles. The Balaban J connectivity index is 1.70. The Morgan fingerprint density at radius 2 is 1.56 bits per heavy atom. The number of aromatic amines is 1. The molecule has 0 radical (unpaired) electrons. The van der Waals surface area contributed by atoms with Crippen LogP contribution in [0.15, 0.2) is 59.4 Å². The van der Waals surface area contributed by atoms with Gasteiger partial charge in [-0.05, 0) is 36.2 Å². The molecule has 134 valence electrons. The van der Waals surface area contributed by atoms with Crippen molar-refractivity contribution in [2.75, 3.05) is 0 Å². The van der Waals surface area contributed by atoms with E-state index in [0.717, 1.165) is 27.9 Å². The van der Waals surface area contributed by atoms with Gasteiger partial charge < -0.3 is 14.7 Å². The molecule has 0 saturated carbocycles. The van der Waals surface area contributed by atoms with Crippen LogP contribution in [0.4, 0.5) is 0 Å². The largest absolute Gasteiger partial charge is 0.478 e. The number of carbonyl (C=O) groups is 1. The minimum atomic E-state index is -0.942. The van der Waals surface area contributed by atoms with Crippen LogP contribution < -0.4 is 5.56 Å². The summed E-state index contributed by atoms with van der Waals surface area (Å²) < 4.78 is 1.58. The molecule has 0 atom stereocenters. The molecule has 0 fully saturated rings. The zero-order valence-electron chi connectivity index (χ0n) is 14.9. The number of aryl methyl sites for hydroxylation is 1. The first-order valence-corrected chi connectivity index (χ1v) is 8.44. The number of aromatic carboxylic acids is 1. The lowest BCUT2D eigenvalue weighted by atomic mass is 10.0. The van der Waals surface area contributed by atoms with Crippen LogP contribution in [0.5, 0.6) is 0 Å². The lowest BCUT2D eigenvalue weighted by Gasteiger charge is -2.04. The molecule has 2 N–H and O–H groups in total. The van der Waals surface area contributed by atoms with E-state index in [9.17, 15) is 9.59 Å². The van der Waals surface area contributed by atoms with Gasteiger partial charge in [-0.3, -0.25) is 4.79 Å². The highest BCUT2D eigenvalue weighted by Gasteiger charge is 2.11. The fourth-order valence-corrected chi connectivity index (χ4v) is 3.04. The average molecular weight is 359 g/mol. The Morgan fingerprint density at radius 3 is 2.15 bits per heavy atom. The Bertz CT molecular complexity index is 1220. The van der Waals surface area contributed by atoms with Gasteiger partial charge in [0.1, 0.15) is 5.82 Å². The molecular formula is C21H17N3O3. The van der Waals surface area contributed by atoms with Crippen LogP contribution in [0, 0.1) is 6.92 Å². The number of nitrogens with zero attached hydrogens (tertiary/aromatic N) is 2. The number of aromatic nitrogens is 3. The predicted octanol–water partition coefficient (Wildman–Crippen LogP) is 3.60. The van der Waals surface area contributed by atoms with Crippen molar-refractivity contribution in [1.29, 1.82) is 0 Å². The summed E-state index contributed by atoms with van der Waals surface area (Å²) in [6.07, 6.45) is 0. The number of rotatable bonds is 3. The number of nitrogens with one attached hydrogen (secondary N) is 1. The summed E-state index contributed by atoms with van der Waals surface area (Å²) in [4.78, 5) is 31.0. The molecule has 0 spiro atoms. The fourth-order valence-electron chi connectivity index (χ4n) is 3.04. The first-order valence-electron chi connectivity index (χ1n) is 8.44. The second-order valence-corrected chi connectivity index (χ2v) is 6.46. The number of H-pyrrole nitrogens is 1. The highest BCUT2D eigenvalue weighted by atomic mass is 16.4. The van der Waals surface area contributed by atoms with Crippen LogP contribution in [0.2, 0.25) is 0 Å². The lowest BCUT2D eigenvalue weighted by Crippen LogP contribution is -2.18.